The van der Waals surface area contributed by atoms with Crippen molar-refractivity contribution in [3.63, 3.8) is 0 Å². The first-order chi connectivity index (χ1) is 17.4. The molecule has 37 heavy (non-hydrogen) atoms. The van der Waals surface area contributed by atoms with Crippen LogP contribution in [0.4, 0.5) is 8.78 Å². The minimum absolute atomic E-state index is 0.117. The Kier molecular flexibility index (Phi) is 7.59. The van der Waals surface area contributed by atoms with Gasteiger partial charge >= 0.3 is 0 Å². The lowest BCUT2D eigenvalue weighted by molar-refractivity contribution is -0.137. The molecule has 2 N–H and O–H groups in total. The van der Waals surface area contributed by atoms with Crippen LogP contribution in [0.1, 0.15) is 104 Å². The van der Waals surface area contributed by atoms with E-state index >= 15 is 0 Å². The zero-order chi connectivity index (χ0) is 26.6. The highest BCUT2D eigenvalue weighted by Crippen LogP contribution is 2.67. The van der Waals surface area contributed by atoms with Crippen LogP contribution in [0.2, 0.25) is 0 Å². The number of aliphatic hydroxyl groups excluding tert-OH is 1. The second-order valence-corrected chi connectivity index (χ2v) is 14.1. The summed E-state index contributed by atoms with van der Waals surface area (Å²) in [6, 6.07) is 0. The van der Waals surface area contributed by atoms with Gasteiger partial charge in [-0.15, -0.1) is 0 Å². The summed E-state index contributed by atoms with van der Waals surface area (Å²) in [5.74, 6) is 3.51. The molecule has 5 aliphatic rings. The first kappa shape index (κ1) is 27.6. The number of hydrogen-bond acceptors (Lipinski definition) is 3. The van der Waals surface area contributed by atoms with Gasteiger partial charge in [0.1, 0.15) is 0 Å². The quantitative estimate of drug-likeness (QED) is 0.400. The monoisotopic (exact) mass is 521 g/mol. The topological polar surface area (TPSA) is 60.8 Å². The fourth-order valence-corrected chi connectivity index (χ4v) is 9.99. The van der Waals surface area contributed by atoms with Gasteiger partial charge in [-0.1, -0.05) is 32.4 Å². The summed E-state index contributed by atoms with van der Waals surface area (Å²) >= 11 is 0. The smallest absolute Gasteiger partial charge is 0.241 e. The average molecular weight is 522 g/mol. The third-order valence-electron chi connectivity index (χ3n) is 12.2. The number of rotatable bonds is 6. The van der Waals surface area contributed by atoms with Crippen molar-refractivity contribution in [1.29, 1.82) is 0 Å². The van der Waals surface area contributed by atoms with Crippen molar-refractivity contribution in [2.24, 2.45) is 40.4 Å². The second kappa shape index (κ2) is 10.2. The van der Waals surface area contributed by atoms with E-state index in [1.54, 1.807) is 4.90 Å². The second-order valence-electron chi connectivity index (χ2n) is 14.1. The molecule has 1 saturated heterocycles. The molecule has 0 spiro atoms. The maximum absolute atomic E-state index is 13.0. The highest BCUT2D eigenvalue weighted by atomic mass is 19.3. The standard InChI is InChI=1S/C31H49F2NO3/c1-20(4-9-28(36)34-16-14-31(37,15-17-34)19-27(32)33)24-7-8-25-23-6-5-21-18-22(35)10-12-29(21,2)26(23)11-13-30(24,25)3/h5,20,22-27,35,37H,4,6-19H2,1-3H3/t20?,22-,23-,24+,25-,26-,29-,30+/m0/s1. The predicted octanol–water partition coefficient (Wildman–Crippen LogP) is 6.35. The number of nitrogens with zero attached hydrogens (tertiary/aromatic N) is 1. The van der Waals surface area contributed by atoms with Gasteiger partial charge in [-0.25, -0.2) is 8.78 Å². The zero-order valence-corrected chi connectivity index (χ0v) is 23.2. The van der Waals surface area contributed by atoms with Gasteiger partial charge in [-0.3, -0.25) is 4.79 Å². The maximum atomic E-state index is 13.0. The Morgan fingerprint density at radius 1 is 1.08 bits per heavy atom. The van der Waals surface area contributed by atoms with Crippen molar-refractivity contribution < 1.29 is 23.8 Å². The Bertz CT molecular complexity index is 884. The number of amides is 1. The van der Waals surface area contributed by atoms with Gasteiger partial charge in [0.2, 0.25) is 12.3 Å². The van der Waals surface area contributed by atoms with Crippen LogP contribution < -0.4 is 0 Å². The highest BCUT2D eigenvalue weighted by Gasteiger charge is 2.59. The number of allylic oxidation sites excluding steroid dienone is 1. The van der Waals surface area contributed by atoms with E-state index in [0.29, 0.717) is 36.8 Å². The molecule has 1 heterocycles. The molecule has 0 radical (unpaired) electrons. The zero-order valence-electron chi connectivity index (χ0n) is 23.2. The summed E-state index contributed by atoms with van der Waals surface area (Å²) in [5, 5.41) is 20.6. The number of aliphatic hydroxyl groups is 2. The van der Waals surface area contributed by atoms with Crippen molar-refractivity contribution in [2.75, 3.05) is 13.1 Å². The van der Waals surface area contributed by atoms with Crippen LogP contribution in [-0.4, -0.2) is 52.2 Å². The van der Waals surface area contributed by atoms with Crippen LogP contribution in [-0.2, 0) is 4.79 Å². The van der Waals surface area contributed by atoms with Crippen LogP contribution in [0.15, 0.2) is 11.6 Å². The van der Waals surface area contributed by atoms with Gasteiger partial charge in [0.15, 0.2) is 0 Å². The molecule has 3 saturated carbocycles. The minimum Gasteiger partial charge on any atom is -0.393 e. The molecule has 5 rings (SSSR count). The lowest BCUT2D eigenvalue weighted by Gasteiger charge is -2.58. The predicted molar refractivity (Wildman–Crippen MR) is 141 cm³/mol. The van der Waals surface area contributed by atoms with Crippen molar-refractivity contribution >= 4 is 5.91 Å². The normalized spacial score (nSPS) is 42.0. The van der Waals surface area contributed by atoms with Crippen LogP contribution in [0.25, 0.3) is 0 Å². The van der Waals surface area contributed by atoms with Gasteiger partial charge in [0.25, 0.3) is 0 Å². The summed E-state index contributed by atoms with van der Waals surface area (Å²) < 4.78 is 25.5. The van der Waals surface area contributed by atoms with Crippen LogP contribution in [0.3, 0.4) is 0 Å². The van der Waals surface area contributed by atoms with Crippen molar-refractivity contribution in [3.05, 3.63) is 11.6 Å². The minimum atomic E-state index is -2.51. The third-order valence-corrected chi connectivity index (χ3v) is 12.2. The highest BCUT2D eigenvalue weighted by molar-refractivity contribution is 5.76. The summed E-state index contributed by atoms with van der Waals surface area (Å²) in [4.78, 5) is 14.7. The molecule has 4 fully saturated rings. The van der Waals surface area contributed by atoms with Gasteiger partial charge in [-0.2, -0.15) is 0 Å². The fraction of sp³-hybridized carbons (Fsp3) is 0.903. The van der Waals surface area contributed by atoms with Gasteiger partial charge in [-0.05, 0) is 111 Å². The molecule has 6 heteroatoms. The van der Waals surface area contributed by atoms with E-state index in [9.17, 15) is 23.8 Å². The number of piperidine rings is 1. The number of likely N-dealkylation sites (tertiary alicyclic amines) is 1. The molecule has 1 amide bonds. The Labute approximate surface area is 222 Å². The number of carbonyl (C=O) groups excluding carboxylic acids is 1. The summed E-state index contributed by atoms with van der Waals surface area (Å²) in [6.07, 6.45) is 10.5. The lowest BCUT2D eigenvalue weighted by Crippen LogP contribution is -2.50. The van der Waals surface area contributed by atoms with E-state index in [1.165, 1.54) is 37.7 Å². The van der Waals surface area contributed by atoms with E-state index in [2.05, 4.69) is 26.8 Å². The molecular formula is C31H49F2NO3. The molecule has 1 aliphatic heterocycles. The Morgan fingerprint density at radius 3 is 2.51 bits per heavy atom. The van der Waals surface area contributed by atoms with Crippen molar-refractivity contribution in [2.45, 2.75) is 122 Å². The number of fused-ring (bicyclic) bond motifs is 5. The van der Waals surface area contributed by atoms with E-state index < -0.39 is 18.4 Å². The van der Waals surface area contributed by atoms with Crippen LogP contribution in [0.5, 0.6) is 0 Å². The molecule has 210 valence electrons. The average Bonchev–Trinajstić information content (AvgIpc) is 3.20. The Balaban J connectivity index is 1.17. The molecule has 4 nitrogen and oxygen atoms in total. The lowest BCUT2D eigenvalue weighted by atomic mass is 9.47. The van der Waals surface area contributed by atoms with E-state index in [4.69, 9.17) is 0 Å². The molecule has 1 unspecified atom stereocenters. The number of carbonyl (C=O) groups is 1. The fourth-order valence-electron chi connectivity index (χ4n) is 9.99. The summed E-state index contributed by atoms with van der Waals surface area (Å²) in [5.41, 5.74) is 0.822. The maximum Gasteiger partial charge on any atom is 0.241 e. The molecular weight excluding hydrogens is 472 g/mol. The van der Waals surface area contributed by atoms with Crippen LogP contribution >= 0.6 is 0 Å². The number of halogens is 2. The van der Waals surface area contributed by atoms with Crippen LogP contribution in [0, 0.1) is 40.4 Å². The molecule has 0 aromatic rings. The van der Waals surface area contributed by atoms with E-state index in [1.807, 2.05) is 0 Å². The molecule has 0 aromatic carbocycles. The SMILES string of the molecule is CC(CCC(=O)N1CCC(O)(CC(F)F)CC1)[C@H]1CC[C@H]2[C@@H]3CC=C4C[C@@H](O)CC[C@]4(C)[C@H]3CC[C@]12C. The van der Waals surface area contributed by atoms with Crippen molar-refractivity contribution in [3.8, 4) is 0 Å². The Hall–Kier alpha value is -1.01. The van der Waals surface area contributed by atoms with Gasteiger partial charge in [0, 0.05) is 25.9 Å². The van der Waals surface area contributed by atoms with Gasteiger partial charge < -0.3 is 15.1 Å². The summed E-state index contributed by atoms with van der Waals surface area (Å²) in [7, 11) is 0. The van der Waals surface area contributed by atoms with E-state index in [0.717, 1.165) is 43.4 Å². The largest absolute Gasteiger partial charge is 0.393 e. The van der Waals surface area contributed by atoms with Gasteiger partial charge in [0.05, 0.1) is 11.7 Å². The summed E-state index contributed by atoms with van der Waals surface area (Å²) in [6.45, 7) is 8.14. The molecule has 8 atom stereocenters. The Morgan fingerprint density at radius 2 is 1.81 bits per heavy atom. The first-order valence-corrected chi connectivity index (χ1v) is 15.1. The van der Waals surface area contributed by atoms with E-state index in [-0.39, 0.29) is 30.3 Å². The number of hydrogen-bond donors (Lipinski definition) is 2. The number of alkyl halides is 2. The van der Waals surface area contributed by atoms with Crippen molar-refractivity contribution in [1.82, 2.24) is 4.90 Å². The molecule has 4 aliphatic carbocycles. The first-order valence-electron chi connectivity index (χ1n) is 15.1. The molecule has 0 aromatic heterocycles. The third kappa shape index (κ3) is 5.03. The molecule has 0 bridgehead atoms.